The second-order valence-electron chi connectivity index (χ2n) is 6.69. The summed E-state index contributed by atoms with van der Waals surface area (Å²) in [7, 11) is 1.57. The highest BCUT2D eigenvalue weighted by molar-refractivity contribution is 5.98. The molecule has 7 heteroatoms. The number of carbonyl (C=O) groups is 1. The number of benzene rings is 1. The number of pyridine rings is 1. The van der Waals surface area contributed by atoms with Crippen molar-refractivity contribution in [3.63, 3.8) is 0 Å². The SMILES string of the molecule is COCCOc1cc(=O)n2c(c1C(=O)NCc1ccc(C)cc1)CCOCC2. The van der Waals surface area contributed by atoms with Gasteiger partial charge in [0.15, 0.2) is 0 Å². The van der Waals surface area contributed by atoms with Gasteiger partial charge in [0.2, 0.25) is 0 Å². The van der Waals surface area contributed by atoms with Crippen molar-refractivity contribution in [1.29, 1.82) is 0 Å². The Hall–Kier alpha value is -2.64. The Labute approximate surface area is 164 Å². The lowest BCUT2D eigenvalue weighted by Crippen LogP contribution is -2.31. The molecule has 1 N–H and O–H groups in total. The minimum Gasteiger partial charge on any atom is -0.490 e. The first kappa shape index (κ1) is 20.1. The zero-order valence-electron chi connectivity index (χ0n) is 16.3. The summed E-state index contributed by atoms with van der Waals surface area (Å²) in [5, 5.41) is 2.95. The monoisotopic (exact) mass is 386 g/mol. The molecule has 0 atom stereocenters. The van der Waals surface area contributed by atoms with E-state index in [4.69, 9.17) is 14.2 Å². The van der Waals surface area contributed by atoms with Crippen LogP contribution in [0.5, 0.6) is 5.75 Å². The third kappa shape index (κ3) is 4.79. The molecule has 0 spiro atoms. The molecule has 0 saturated carbocycles. The predicted octanol–water partition coefficient (Wildman–Crippen LogP) is 1.68. The maximum absolute atomic E-state index is 13.1. The van der Waals surface area contributed by atoms with Crippen LogP contribution >= 0.6 is 0 Å². The highest BCUT2D eigenvalue weighted by Crippen LogP contribution is 2.23. The van der Waals surface area contributed by atoms with Crippen LogP contribution in [-0.2, 0) is 29.0 Å². The Kier molecular flexibility index (Phi) is 6.84. The summed E-state index contributed by atoms with van der Waals surface area (Å²) in [6.07, 6.45) is 0.476. The lowest BCUT2D eigenvalue weighted by atomic mass is 10.1. The van der Waals surface area contributed by atoms with Crippen LogP contribution < -0.4 is 15.6 Å². The smallest absolute Gasteiger partial charge is 0.257 e. The molecule has 150 valence electrons. The van der Waals surface area contributed by atoms with Gasteiger partial charge in [-0.3, -0.25) is 9.59 Å². The molecule has 0 bridgehead atoms. The molecule has 1 aromatic carbocycles. The van der Waals surface area contributed by atoms with E-state index in [-0.39, 0.29) is 23.8 Å². The van der Waals surface area contributed by atoms with E-state index in [1.807, 2.05) is 31.2 Å². The van der Waals surface area contributed by atoms with E-state index in [2.05, 4.69) is 5.32 Å². The minimum atomic E-state index is -0.265. The summed E-state index contributed by atoms with van der Waals surface area (Å²) < 4.78 is 17.8. The van der Waals surface area contributed by atoms with Crippen molar-refractivity contribution in [2.45, 2.75) is 26.4 Å². The number of nitrogens with one attached hydrogen (secondary N) is 1. The zero-order chi connectivity index (χ0) is 19.9. The summed E-state index contributed by atoms with van der Waals surface area (Å²) in [4.78, 5) is 25.6. The van der Waals surface area contributed by atoms with E-state index >= 15 is 0 Å². The second kappa shape index (κ2) is 9.52. The number of aromatic nitrogens is 1. The van der Waals surface area contributed by atoms with E-state index in [0.29, 0.717) is 50.6 Å². The Morgan fingerprint density at radius 2 is 2.00 bits per heavy atom. The molecule has 2 aromatic rings. The highest BCUT2D eigenvalue weighted by Gasteiger charge is 2.24. The van der Waals surface area contributed by atoms with Crippen LogP contribution in [0.4, 0.5) is 0 Å². The number of nitrogens with zero attached hydrogens (tertiary/aromatic N) is 1. The Balaban J connectivity index is 1.89. The highest BCUT2D eigenvalue weighted by atomic mass is 16.5. The lowest BCUT2D eigenvalue weighted by molar-refractivity contribution is 0.0940. The lowest BCUT2D eigenvalue weighted by Gasteiger charge is -2.18. The summed E-state index contributed by atoms with van der Waals surface area (Å²) in [6, 6.07) is 9.36. The van der Waals surface area contributed by atoms with Crippen LogP contribution in [0.2, 0.25) is 0 Å². The molecular formula is C21H26N2O5. The third-order valence-electron chi connectivity index (χ3n) is 4.67. The van der Waals surface area contributed by atoms with Gasteiger partial charge < -0.3 is 24.1 Å². The summed E-state index contributed by atoms with van der Waals surface area (Å²) in [6.45, 7) is 4.36. The topological polar surface area (TPSA) is 78.8 Å². The molecule has 0 saturated heterocycles. The maximum atomic E-state index is 13.1. The van der Waals surface area contributed by atoms with Crippen molar-refractivity contribution in [3.8, 4) is 5.75 Å². The molecule has 0 fully saturated rings. The van der Waals surface area contributed by atoms with Crippen molar-refractivity contribution in [1.82, 2.24) is 9.88 Å². The largest absolute Gasteiger partial charge is 0.490 e. The molecular weight excluding hydrogens is 360 g/mol. The Morgan fingerprint density at radius 1 is 1.21 bits per heavy atom. The molecule has 1 aliphatic heterocycles. The Bertz CT molecular complexity index is 874. The number of methoxy groups -OCH3 is 1. The first-order valence-electron chi connectivity index (χ1n) is 9.40. The predicted molar refractivity (Wildman–Crippen MR) is 105 cm³/mol. The zero-order valence-corrected chi connectivity index (χ0v) is 16.3. The van der Waals surface area contributed by atoms with Crippen molar-refractivity contribution >= 4 is 5.91 Å². The number of carbonyl (C=O) groups excluding carboxylic acids is 1. The number of ether oxygens (including phenoxy) is 3. The number of amides is 1. The van der Waals surface area contributed by atoms with E-state index in [1.165, 1.54) is 6.07 Å². The van der Waals surface area contributed by atoms with E-state index in [1.54, 1.807) is 11.7 Å². The van der Waals surface area contributed by atoms with Crippen LogP contribution in [0.25, 0.3) is 0 Å². The average molecular weight is 386 g/mol. The van der Waals surface area contributed by atoms with E-state index in [9.17, 15) is 9.59 Å². The van der Waals surface area contributed by atoms with Crippen molar-refractivity contribution in [2.75, 3.05) is 33.5 Å². The van der Waals surface area contributed by atoms with Crippen LogP contribution in [0.1, 0.15) is 27.2 Å². The van der Waals surface area contributed by atoms with Crippen LogP contribution in [0.3, 0.4) is 0 Å². The first-order chi connectivity index (χ1) is 13.6. The molecule has 0 radical (unpaired) electrons. The summed E-state index contributed by atoms with van der Waals surface area (Å²) >= 11 is 0. The van der Waals surface area contributed by atoms with E-state index in [0.717, 1.165) is 11.1 Å². The number of rotatable bonds is 7. The van der Waals surface area contributed by atoms with Gasteiger partial charge in [0, 0.05) is 38.4 Å². The summed E-state index contributed by atoms with van der Waals surface area (Å²) in [5.41, 5.74) is 3.02. The second-order valence-corrected chi connectivity index (χ2v) is 6.69. The van der Waals surface area contributed by atoms with Gasteiger partial charge >= 0.3 is 0 Å². The quantitative estimate of drug-likeness (QED) is 0.733. The third-order valence-corrected chi connectivity index (χ3v) is 4.67. The normalized spacial score (nSPS) is 13.5. The number of hydrogen-bond acceptors (Lipinski definition) is 5. The number of fused-ring (bicyclic) bond motifs is 1. The molecule has 3 rings (SSSR count). The van der Waals surface area contributed by atoms with E-state index < -0.39 is 0 Å². The molecule has 0 aliphatic carbocycles. The average Bonchev–Trinajstić information content (AvgIpc) is 2.94. The number of aryl methyl sites for hydroxylation is 1. The van der Waals surface area contributed by atoms with Gasteiger partial charge in [-0.1, -0.05) is 29.8 Å². The molecule has 2 heterocycles. The molecule has 28 heavy (non-hydrogen) atoms. The molecule has 7 nitrogen and oxygen atoms in total. The molecule has 1 aromatic heterocycles. The molecule has 1 aliphatic rings. The summed E-state index contributed by atoms with van der Waals surface area (Å²) in [5.74, 6) is 0.0234. The minimum absolute atomic E-state index is 0.192. The van der Waals surface area contributed by atoms with Gasteiger partial charge in [0.1, 0.15) is 17.9 Å². The van der Waals surface area contributed by atoms with Gasteiger partial charge in [-0.05, 0) is 12.5 Å². The van der Waals surface area contributed by atoms with Gasteiger partial charge in [-0.15, -0.1) is 0 Å². The van der Waals surface area contributed by atoms with Crippen LogP contribution in [0, 0.1) is 6.92 Å². The van der Waals surface area contributed by atoms with Gasteiger partial charge in [-0.2, -0.15) is 0 Å². The maximum Gasteiger partial charge on any atom is 0.257 e. The van der Waals surface area contributed by atoms with Crippen molar-refractivity contribution in [2.24, 2.45) is 0 Å². The van der Waals surface area contributed by atoms with Crippen LogP contribution in [-0.4, -0.2) is 44.0 Å². The number of hydrogen-bond donors (Lipinski definition) is 1. The fourth-order valence-corrected chi connectivity index (χ4v) is 3.17. The van der Waals surface area contributed by atoms with Crippen molar-refractivity contribution < 1.29 is 19.0 Å². The fraction of sp³-hybridized carbons (Fsp3) is 0.429. The van der Waals surface area contributed by atoms with Gasteiger partial charge in [0.25, 0.3) is 11.5 Å². The Morgan fingerprint density at radius 3 is 2.75 bits per heavy atom. The van der Waals surface area contributed by atoms with Gasteiger partial charge in [-0.25, -0.2) is 0 Å². The fourth-order valence-electron chi connectivity index (χ4n) is 3.17. The van der Waals surface area contributed by atoms with Crippen molar-refractivity contribution in [3.05, 3.63) is 63.1 Å². The van der Waals surface area contributed by atoms with Gasteiger partial charge in [0.05, 0.1) is 19.8 Å². The molecule has 0 unspecified atom stereocenters. The van der Waals surface area contributed by atoms with Crippen LogP contribution in [0.15, 0.2) is 35.1 Å². The molecule has 1 amide bonds. The first-order valence-corrected chi connectivity index (χ1v) is 9.40. The standard InChI is InChI=1S/C21H26N2O5/c1-15-3-5-16(6-4-15)14-22-21(25)20-17-7-9-27-10-8-23(17)19(24)13-18(20)28-12-11-26-2/h3-6,13H,7-12,14H2,1-2H3,(H,22,25).